The number of hydrogen-bond acceptors (Lipinski definition) is 2. The zero-order valence-electron chi connectivity index (χ0n) is 11.4. The Morgan fingerprint density at radius 1 is 0.900 bits per heavy atom. The number of hydrogen-bond donors (Lipinski definition) is 2. The molecule has 0 aliphatic carbocycles. The van der Waals surface area contributed by atoms with E-state index in [1.807, 2.05) is 48.9 Å². The van der Waals surface area contributed by atoms with Gasteiger partial charge < -0.3 is 19.4 Å². The van der Waals surface area contributed by atoms with Crippen LogP contribution in [0.2, 0.25) is 0 Å². The lowest BCUT2D eigenvalue weighted by atomic mass is 10.0. The molecule has 2 heterocycles. The van der Waals surface area contributed by atoms with Gasteiger partial charge in [-0.05, 0) is 30.3 Å². The number of nitrogens with one attached hydrogen (secondary N) is 2. The van der Waals surface area contributed by atoms with Crippen molar-refractivity contribution in [2.24, 2.45) is 0 Å². The molecule has 1 aromatic carbocycles. The minimum atomic E-state index is 0.810. The van der Waals surface area contributed by atoms with Gasteiger partial charge in [-0.3, -0.25) is 0 Å². The highest BCUT2D eigenvalue weighted by Crippen LogP contribution is 2.40. The van der Waals surface area contributed by atoms with Crippen molar-refractivity contribution in [3.63, 3.8) is 0 Å². The number of rotatable bonds is 4. The van der Waals surface area contributed by atoms with Gasteiger partial charge in [0.05, 0.1) is 14.2 Å². The SMILES string of the molecule is COc1cc(-c2ccc[nH]2)c(OC)cc1-c1cc[nH]c1. The third-order valence-corrected chi connectivity index (χ3v) is 3.32. The van der Waals surface area contributed by atoms with Gasteiger partial charge in [-0.15, -0.1) is 0 Å². The van der Waals surface area contributed by atoms with Crippen molar-refractivity contribution in [1.82, 2.24) is 9.97 Å². The molecule has 0 aliphatic heterocycles. The number of benzene rings is 1. The zero-order valence-corrected chi connectivity index (χ0v) is 11.4. The molecule has 0 aliphatic rings. The van der Waals surface area contributed by atoms with Gasteiger partial charge in [-0.1, -0.05) is 0 Å². The maximum absolute atomic E-state index is 5.52. The monoisotopic (exact) mass is 268 g/mol. The molecule has 3 aromatic rings. The van der Waals surface area contributed by atoms with Crippen LogP contribution in [0.25, 0.3) is 22.4 Å². The first-order valence-corrected chi connectivity index (χ1v) is 6.36. The summed E-state index contributed by atoms with van der Waals surface area (Å²) in [6, 6.07) is 9.96. The normalized spacial score (nSPS) is 10.5. The van der Waals surface area contributed by atoms with Crippen LogP contribution in [0.3, 0.4) is 0 Å². The van der Waals surface area contributed by atoms with Crippen molar-refractivity contribution in [2.45, 2.75) is 0 Å². The molecule has 3 rings (SSSR count). The van der Waals surface area contributed by atoms with E-state index in [4.69, 9.17) is 9.47 Å². The van der Waals surface area contributed by atoms with Gasteiger partial charge in [-0.25, -0.2) is 0 Å². The molecule has 4 nitrogen and oxygen atoms in total. The molecule has 0 radical (unpaired) electrons. The third-order valence-electron chi connectivity index (χ3n) is 3.32. The van der Waals surface area contributed by atoms with E-state index in [1.165, 1.54) is 0 Å². The van der Waals surface area contributed by atoms with Crippen LogP contribution in [-0.2, 0) is 0 Å². The molecule has 0 atom stereocenters. The van der Waals surface area contributed by atoms with E-state index < -0.39 is 0 Å². The molecule has 0 fully saturated rings. The minimum Gasteiger partial charge on any atom is -0.496 e. The van der Waals surface area contributed by atoms with Crippen molar-refractivity contribution in [3.05, 3.63) is 48.9 Å². The zero-order chi connectivity index (χ0) is 13.9. The van der Waals surface area contributed by atoms with Gasteiger partial charge in [0.25, 0.3) is 0 Å². The molecule has 102 valence electrons. The summed E-state index contributed by atoms with van der Waals surface area (Å²) in [4.78, 5) is 6.25. The highest BCUT2D eigenvalue weighted by Gasteiger charge is 2.14. The maximum atomic E-state index is 5.52. The van der Waals surface area contributed by atoms with Gasteiger partial charge in [-0.2, -0.15) is 0 Å². The highest BCUT2D eigenvalue weighted by molar-refractivity contribution is 5.79. The molecule has 20 heavy (non-hydrogen) atoms. The van der Waals surface area contributed by atoms with Crippen molar-refractivity contribution >= 4 is 0 Å². The van der Waals surface area contributed by atoms with Gasteiger partial charge in [0, 0.05) is 41.0 Å². The number of aromatic amines is 2. The summed E-state index contributed by atoms with van der Waals surface area (Å²) >= 11 is 0. The first kappa shape index (κ1) is 12.4. The average molecular weight is 268 g/mol. The molecule has 0 bridgehead atoms. The van der Waals surface area contributed by atoms with Crippen LogP contribution >= 0.6 is 0 Å². The molecule has 0 saturated carbocycles. The predicted octanol–water partition coefficient (Wildman–Crippen LogP) is 3.69. The Bertz CT molecular complexity index is 624. The third kappa shape index (κ3) is 2.05. The van der Waals surface area contributed by atoms with Crippen molar-refractivity contribution in [2.75, 3.05) is 14.2 Å². The van der Waals surface area contributed by atoms with Crippen LogP contribution in [0, 0.1) is 0 Å². The molecule has 4 heteroatoms. The van der Waals surface area contributed by atoms with E-state index >= 15 is 0 Å². The predicted molar refractivity (Wildman–Crippen MR) is 79.1 cm³/mol. The van der Waals surface area contributed by atoms with E-state index in [2.05, 4.69) is 9.97 Å². The van der Waals surface area contributed by atoms with Gasteiger partial charge >= 0.3 is 0 Å². The maximum Gasteiger partial charge on any atom is 0.129 e. The van der Waals surface area contributed by atoms with Crippen LogP contribution in [0.5, 0.6) is 11.5 Å². The molecule has 2 aromatic heterocycles. The second-order valence-electron chi connectivity index (χ2n) is 4.44. The van der Waals surface area contributed by atoms with E-state index in [0.29, 0.717) is 0 Å². The number of H-pyrrole nitrogens is 2. The summed E-state index contributed by atoms with van der Waals surface area (Å²) in [7, 11) is 3.35. The lowest BCUT2D eigenvalue weighted by Crippen LogP contribution is -1.93. The lowest BCUT2D eigenvalue weighted by molar-refractivity contribution is 0.406. The molecule has 0 spiro atoms. The second kappa shape index (κ2) is 5.17. The molecular formula is C16H16N2O2. The fourth-order valence-corrected chi connectivity index (χ4v) is 2.32. The van der Waals surface area contributed by atoms with Crippen molar-refractivity contribution in [3.8, 4) is 33.9 Å². The fourth-order valence-electron chi connectivity index (χ4n) is 2.32. The average Bonchev–Trinajstić information content (AvgIpc) is 3.18. The van der Waals surface area contributed by atoms with E-state index in [1.54, 1.807) is 14.2 Å². The van der Waals surface area contributed by atoms with Crippen molar-refractivity contribution < 1.29 is 9.47 Å². The Balaban J connectivity index is 2.19. The summed E-state index contributed by atoms with van der Waals surface area (Å²) in [5.41, 5.74) is 4.05. The lowest BCUT2D eigenvalue weighted by Gasteiger charge is -2.13. The van der Waals surface area contributed by atoms with Crippen molar-refractivity contribution in [1.29, 1.82) is 0 Å². The Hall–Kier alpha value is -2.62. The van der Waals surface area contributed by atoms with Crippen LogP contribution in [0.1, 0.15) is 0 Å². The van der Waals surface area contributed by atoms with E-state index in [9.17, 15) is 0 Å². The van der Waals surface area contributed by atoms with Crippen LogP contribution in [0.15, 0.2) is 48.9 Å². The number of ether oxygens (including phenoxy) is 2. The summed E-state index contributed by atoms with van der Waals surface area (Å²) in [6.07, 6.45) is 5.72. The van der Waals surface area contributed by atoms with E-state index in [0.717, 1.165) is 33.9 Å². The van der Waals surface area contributed by atoms with Crippen LogP contribution < -0.4 is 9.47 Å². The molecule has 0 amide bonds. The second-order valence-corrected chi connectivity index (χ2v) is 4.44. The molecule has 0 saturated heterocycles. The molecular weight excluding hydrogens is 252 g/mol. The summed E-state index contributed by atoms with van der Waals surface area (Å²) in [5, 5.41) is 0. The number of methoxy groups -OCH3 is 2. The topological polar surface area (TPSA) is 50.0 Å². The molecule has 2 N–H and O–H groups in total. The summed E-state index contributed by atoms with van der Waals surface area (Å²) < 4.78 is 11.0. The van der Waals surface area contributed by atoms with E-state index in [-0.39, 0.29) is 0 Å². The molecule has 0 unspecified atom stereocenters. The van der Waals surface area contributed by atoms with Gasteiger partial charge in [0.2, 0.25) is 0 Å². The Morgan fingerprint density at radius 3 is 2.25 bits per heavy atom. The summed E-state index contributed by atoms with van der Waals surface area (Å²) in [6.45, 7) is 0. The Morgan fingerprint density at radius 2 is 1.65 bits per heavy atom. The first-order valence-electron chi connectivity index (χ1n) is 6.36. The highest BCUT2D eigenvalue weighted by atomic mass is 16.5. The van der Waals surface area contributed by atoms with Crippen LogP contribution in [0.4, 0.5) is 0 Å². The fraction of sp³-hybridized carbons (Fsp3) is 0.125. The van der Waals surface area contributed by atoms with Gasteiger partial charge in [0.15, 0.2) is 0 Å². The standard InChI is InChI=1S/C16H16N2O2/c1-19-15-9-13(14-4-3-6-18-14)16(20-2)8-12(15)11-5-7-17-10-11/h3-10,17-18H,1-2H3. The largest absolute Gasteiger partial charge is 0.496 e. The smallest absolute Gasteiger partial charge is 0.129 e. The summed E-state index contributed by atoms with van der Waals surface area (Å²) in [5.74, 6) is 1.62. The van der Waals surface area contributed by atoms with Gasteiger partial charge in [0.1, 0.15) is 11.5 Å². The minimum absolute atomic E-state index is 0.810. The first-order chi connectivity index (χ1) is 9.83. The Kier molecular flexibility index (Phi) is 3.21. The Labute approximate surface area is 117 Å². The quantitative estimate of drug-likeness (QED) is 0.758. The number of aromatic nitrogens is 2. The van der Waals surface area contributed by atoms with Crippen LogP contribution in [-0.4, -0.2) is 24.2 Å².